The van der Waals surface area contributed by atoms with Crippen LogP contribution in [0, 0.1) is 11.6 Å². The molecule has 82 valence electrons. The van der Waals surface area contributed by atoms with Crippen molar-refractivity contribution >= 4 is 5.97 Å². The monoisotopic (exact) mass is 216 g/mol. The summed E-state index contributed by atoms with van der Waals surface area (Å²) in [5, 5.41) is 18.0. The van der Waals surface area contributed by atoms with E-state index in [1.54, 1.807) is 6.92 Å². The molecule has 0 radical (unpaired) electrons. The highest BCUT2D eigenvalue weighted by Gasteiger charge is 2.24. The predicted molar refractivity (Wildman–Crippen MR) is 48.7 cm³/mol. The molecule has 5 heteroatoms. The summed E-state index contributed by atoms with van der Waals surface area (Å²) in [5.74, 6) is -5.74. The molecule has 15 heavy (non-hydrogen) atoms. The molecule has 0 fully saturated rings. The number of phenolic OH excluding ortho intramolecular Hbond substituents is 1. The van der Waals surface area contributed by atoms with Crippen LogP contribution in [0.25, 0.3) is 0 Å². The number of carboxylic acids is 1. The first-order chi connectivity index (χ1) is 6.99. The van der Waals surface area contributed by atoms with E-state index in [1.807, 2.05) is 0 Å². The summed E-state index contributed by atoms with van der Waals surface area (Å²) in [6.45, 7) is 1.58. The van der Waals surface area contributed by atoms with E-state index < -0.39 is 29.3 Å². The fraction of sp³-hybridized carbons (Fsp3) is 0.300. The van der Waals surface area contributed by atoms with Crippen molar-refractivity contribution in [1.82, 2.24) is 0 Å². The van der Waals surface area contributed by atoms with Gasteiger partial charge in [-0.1, -0.05) is 13.0 Å². The molecule has 1 atom stereocenters. The van der Waals surface area contributed by atoms with Crippen LogP contribution in [0.3, 0.4) is 0 Å². The van der Waals surface area contributed by atoms with E-state index >= 15 is 0 Å². The number of carboxylic acid groups (broad SMARTS) is 1. The maximum absolute atomic E-state index is 12.9. The molecule has 1 rings (SSSR count). The quantitative estimate of drug-likeness (QED) is 0.814. The molecule has 0 amide bonds. The number of phenols is 1. The van der Waals surface area contributed by atoms with Crippen molar-refractivity contribution < 1.29 is 23.8 Å². The molecule has 0 bridgehead atoms. The molecule has 1 aromatic rings. The lowest BCUT2D eigenvalue weighted by atomic mass is 9.95. The van der Waals surface area contributed by atoms with Gasteiger partial charge in [0.05, 0.1) is 5.92 Å². The van der Waals surface area contributed by atoms with Gasteiger partial charge >= 0.3 is 5.97 Å². The molecule has 0 aliphatic heterocycles. The first-order valence-electron chi connectivity index (χ1n) is 4.38. The van der Waals surface area contributed by atoms with E-state index in [-0.39, 0.29) is 12.0 Å². The van der Waals surface area contributed by atoms with Gasteiger partial charge in [-0.15, -0.1) is 0 Å². The van der Waals surface area contributed by atoms with E-state index in [0.717, 1.165) is 12.1 Å². The smallest absolute Gasteiger partial charge is 0.311 e. The topological polar surface area (TPSA) is 57.5 Å². The molecule has 0 aliphatic rings. The highest BCUT2D eigenvalue weighted by Crippen LogP contribution is 2.31. The van der Waals surface area contributed by atoms with Gasteiger partial charge in [-0.3, -0.25) is 4.79 Å². The molecule has 0 aromatic heterocycles. The SMILES string of the molecule is CCC(C(=O)O)c1ccc(F)c(F)c1O. The van der Waals surface area contributed by atoms with Crippen molar-refractivity contribution in [3.63, 3.8) is 0 Å². The van der Waals surface area contributed by atoms with Crippen LogP contribution in [-0.4, -0.2) is 16.2 Å². The van der Waals surface area contributed by atoms with Crippen LogP contribution in [0.15, 0.2) is 12.1 Å². The van der Waals surface area contributed by atoms with Crippen molar-refractivity contribution in [1.29, 1.82) is 0 Å². The third-order valence-electron chi connectivity index (χ3n) is 2.18. The van der Waals surface area contributed by atoms with Gasteiger partial charge in [0.2, 0.25) is 5.82 Å². The lowest BCUT2D eigenvalue weighted by Gasteiger charge is -2.12. The Kier molecular flexibility index (Phi) is 3.24. The second-order valence-corrected chi connectivity index (χ2v) is 3.10. The molecule has 1 aromatic carbocycles. The number of hydrogen-bond acceptors (Lipinski definition) is 2. The van der Waals surface area contributed by atoms with Crippen LogP contribution in [0.5, 0.6) is 5.75 Å². The van der Waals surface area contributed by atoms with Gasteiger partial charge in [0.25, 0.3) is 0 Å². The Morgan fingerprint density at radius 2 is 2.07 bits per heavy atom. The standard InChI is InChI=1S/C10H10F2O3/c1-2-5(10(14)15)6-3-4-7(11)8(12)9(6)13/h3-5,13H,2H2,1H3,(H,14,15). The maximum Gasteiger partial charge on any atom is 0.311 e. The normalized spacial score (nSPS) is 12.5. The second kappa shape index (κ2) is 4.25. The van der Waals surface area contributed by atoms with Crippen LogP contribution in [0.4, 0.5) is 8.78 Å². The highest BCUT2D eigenvalue weighted by atomic mass is 19.2. The van der Waals surface area contributed by atoms with Gasteiger partial charge in [-0.05, 0) is 12.5 Å². The van der Waals surface area contributed by atoms with Crippen molar-refractivity contribution in [3.8, 4) is 5.75 Å². The van der Waals surface area contributed by atoms with E-state index in [1.165, 1.54) is 0 Å². The summed E-state index contributed by atoms with van der Waals surface area (Å²) in [6, 6.07) is 1.88. The Hall–Kier alpha value is -1.65. The van der Waals surface area contributed by atoms with Crippen LogP contribution >= 0.6 is 0 Å². The molecule has 0 aliphatic carbocycles. The molecule has 0 spiro atoms. The lowest BCUT2D eigenvalue weighted by molar-refractivity contribution is -0.138. The zero-order valence-corrected chi connectivity index (χ0v) is 8.00. The van der Waals surface area contributed by atoms with Gasteiger partial charge in [0, 0.05) is 5.56 Å². The van der Waals surface area contributed by atoms with Crippen molar-refractivity contribution in [2.24, 2.45) is 0 Å². The van der Waals surface area contributed by atoms with Gasteiger partial charge < -0.3 is 10.2 Å². The summed E-state index contributed by atoms with van der Waals surface area (Å²) in [5.41, 5.74) is -0.107. The third kappa shape index (κ3) is 2.06. The molecule has 1 unspecified atom stereocenters. The first kappa shape index (κ1) is 11.4. The average molecular weight is 216 g/mol. The van der Waals surface area contributed by atoms with E-state index in [0.29, 0.717) is 0 Å². The minimum absolute atomic E-state index is 0.107. The van der Waals surface area contributed by atoms with Crippen LogP contribution in [0.2, 0.25) is 0 Å². The predicted octanol–water partition coefficient (Wildman–Crippen LogP) is 2.25. The number of aromatic hydroxyl groups is 1. The summed E-state index contributed by atoms with van der Waals surface area (Å²) >= 11 is 0. The van der Waals surface area contributed by atoms with Gasteiger partial charge in [-0.25, -0.2) is 4.39 Å². The number of hydrogen-bond donors (Lipinski definition) is 2. The Morgan fingerprint density at radius 1 is 1.47 bits per heavy atom. The fourth-order valence-corrected chi connectivity index (χ4v) is 1.36. The number of rotatable bonds is 3. The minimum Gasteiger partial charge on any atom is -0.505 e. The average Bonchev–Trinajstić information content (AvgIpc) is 2.18. The zero-order valence-electron chi connectivity index (χ0n) is 8.00. The third-order valence-corrected chi connectivity index (χ3v) is 2.18. The van der Waals surface area contributed by atoms with Crippen molar-refractivity contribution in [3.05, 3.63) is 29.3 Å². The largest absolute Gasteiger partial charge is 0.505 e. The molecule has 0 saturated heterocycles. The first-order valence-corrected chi connectivity index (χ1v) is 4.38. The second-order valence-electron chi connectivity index (χ2n) is 3.10. The number of benzene rings is 1. The molecular weight excluding hydrogens is 206 g/mol. The number of carbonyl (C=O) groups is 1. The molecule has 3 nitrogen and oxygen atoms in total. The van der Waals surface area contributed by atoms with Crippen LogP contribution < -0.4 is 0 Å². The van der Waals surface area contributed by atoms with Crippen molar-refractivity contribution in [2.45, 2.75) is 19.3 Å². The summed E-state index contributed by atoms with van der Waals surface area (Å²) in [7, 11) is 0. The molecule has 0 saturated carbocycles. The van der Waals surface area contributed by atoms with Crippen molar-refractivity contribution in [2.75, 3.05) is 0 Å². The molecule has 0 heterocycles. The lowest BCUT2D eigenvalue weighted by Crippen LogP contribution is -2.11. The Balaban J connectivity index is 3.25. The molecular formula is C10H10F2O3. The maximum atomic E-state index is 12.9. The van der Waals surface area contributed by atoms with Gasteiger partial charge in [-0.2, -0.15) is 4.39 Å². The number of aliphatic carboxylic acids is 1. The fourth-order valence-electron chi connectivity index (χ4n) is 1.36. The Morgan fingerprint density at radius 3 is 2.53 bits per heavy atom. The highest BCUT2D eigenvalue weighted by molar-refractivity contribution is 5.77. The summed E-state index contributed by atoms with van der Waals surface area (Å²) < 4.78 is 25.6. The number of halogens is 2. The summed E-state index contributed by atoms with van der Waals surface area (Å²) in [4.78, 5) is 10.8. The van der Waals surface area contributed by atoms with E-state index in [2.05, 4.69) is 0 Å². The summed E-state index contributed by atoms with van der Waals surface area (Å²) in [6.07, 6.45) is 0.188. The van der Waals surface area contributed by atoms with E-state index in [9.17, 15) is 18.7 Å². The van der Waals surface area contributed by atoms with Gasteiger partial charge in [0.15, 0.2) is 11.6 Å². The van der Waals surface area contributed by atoms with Gasteiger partial charge in [0.1, 0.15) is 0 Å². The van der Waals surface area contributed by atoms with Crippen LogP contribution in [-0.2, 0) is 4.79 Å². The Labute approximate surface area is 85.0 Å². The Bertz CT molecular complexity index is 390. The zero-order chi connectivity index (χ0) is 11.6. The molecule has 2 N–H and O–H groups in total. The minimum atomic E-state index is -1.41. The van der Waals surface area contributed by atoms with Crippen LogP contribution in [0.1, 0.15) is 24.8 Å². The van der Waals surface area contributed by atoms with E-state index in [4.69, 9.17) is 5.11 Å².